The molecule has 7 heteroatoms. The van der Waals surface area contributed by atoms with E-state index < -0.39 is 11.8 Å². The predicted octanol–water partition coefficient (Wildman–Crippen LogP) is 2.20. The van der Waals surface area contributed by atoms with Crippen LogP contribution in [0.5, 0.6) is 0 Å². The van der Waals surface area contributed by atoms with E-state index in [1.807, 2.05) is 0 Å². The average molecular weight is 341 g/mol. The van der Waals surface area contributed by atoms with Gasteiger partial charge in [-0.3, -0.25) is 9.36 Å². The van der Waals surface area contributed by atoms with Gasteiger partial charge in [0.2, 0.25) is 0 Å². The van der Waals surface area contributed by atoms with E-state index in [4.69, 9.17) is 5.11 Å². The molecule has 5 nitrogen and oxygen atoms in total. The lowest BCUT2D eigenvalue weighted by molar-refractivity contribution is 0.0696. The molecule has 0 atom stereocenters. The van der Waals surface area contributed by atoms with E-state index in [9.17, 15) is 14.0 Å². The summed E-state index contributed by atoms with van der Waals surface area (Å²) < 4.78 is 15.3. The number of benzene rings is 1. The second-order valence-corrected chi connectivity index (χ2v) is 5.01. The van der Waals surface area contributed by atoms with E-state index >= 15 is 0 Å². The summed E-state index contributed by atoms with van der Waals surface area (Å²) in [7, 11) is 0. The van der Waals surface area contributed by atoms with Gasteiger partial charge in [0, 0.05) is 11.8 Å². The molecule has 0 spiro atoms. The second-order valence-electron chi connectivity index (χ2n) is 4.16. The monoisotopic (exact) mass is 340 g/mol. The third kappa shape index (κ3) is 2.77. The molecule has 2 aromatic rings. The molecule has 0 fully saturated rings. The maximum absolute atomic E-state index is 13.7. The minimum absolute atomic E-state index is 0.0324. The van der Waals surface area contributed by atoms with Gasteiger partial charge >= 0.3 is 5.97 Å². The number of carbonyl (C=O) groups is 1. The molecule has 0 radical (unpaired) electrons. The number of rotatable bonds is 3. The summed E-state index contributed by atoms with van der Waals surface area (Å²) in [5.41, 5.74) is -0.261. The summed E-state index contributed by atoms with van der Waals surface area (Å²) >= 11 is 3.07. The van der Waals surface area contributed by atoms with Crippen LogP contribution in [0.15, 0.2) is 33.7 Å². The third-order valence-corrected chi connectivity index (χ3v) is 3.37. The Balaban J connectivity index is 2.50. The largest absolute Gasteiger partial charge is 0.478 e. The lowest BCUT2D eigenvalue weighted by Crippen LogP contribution is -2.25. The van der Waals surface area contributed by atoms with Crippen LogP contribution in [0, 0.1) is 12.7 Å². The van der Waals surface area contributed by atoms with Crippen LogP contribution in [0.25, 0.3) is 0 Å². The van der Waals surface area contributed by atoms with Crippen LogP contribution in [0.1, 0.15) is 21.7 Å². The van der Waals surface area contributed by atoms with E-state index in [0.29, 0.717) is 5.82 Å². The summed E-state index contributed by atoms with van der Waals surface area (Å²) in [5.74, 6) is -1.30. The van der Waals surface area contributed by atoms with Crippen LogP contribution in [-0.4, -0.2) is 20.6 Å². The molecule has 0 aliphatic rings. The van der Waals surface area contributed by atoms with Crippen molar-refractivity contribution in [1.82, 2.24) is 9.55 Å². The van der Waals surface area contributed by atoms with Crippen LogP contribution in [0.4, 0.5) is 4.39 Å². The van der Waals surface area contributed by atoms with Gasteiger partial charge in [0.15, 0.2) is 0 Å². The highest BCUT2D eigenvalue weighted by Crippen LogP contribution is 2.13. The Morgan fingerprint density at radius 3 is 2.85 bits per heavy atom. The number of nitrogens with zero attached hydrogens (tertiary/aromatic N) is 2. The molecule has 0 bridgehead atoms. The SMILES string of the molecule is Cc1ncc(Br)c(=O)n1Cc1cc(C(=O)O)ccc1F. The number of aromatic nitrogens is 2. The number of halogens is 2. The topological polar surface area (TPSA) is 72.2 Å². The number of carboxylic acid groups (broad SMARTS) is 1. The van der Waals surface area contributed by atoms with Gasteiger partial charge in [-0.25, -0.2) is 14.2 Å². The van der Waals surface area contributed by atoms with Crippen molar-refractivity contribution in [2.75, 3.05) is 0 Å². The van der Waals surface area contributed by atoms with Gasteiger partial charge in [-0.15, -0.1) is 0 Å². The van der Waals surface area contributed by atoms with Crippen LogP contribution in [0.3, 0.4) is 0 Å². The van der Waals surface area contributed by atoms with Gasteiger partial charge in [0.05, 0.1) is 12.1 Å². The number of aryl methyl sites for hydroxylation is 1. The molecule has 0 aliphatic carbocycles. The fraction of sp³-hybridized carbons (Fsp3) is 0.154. The molecular formula is C13H10BrFN2O3. The zero-order valence-corrected chi connectivity index (χ0v) is 12.0. The highest BCUT2D eigenvalue weighted by atomic mass is 79.9. The first-order valence-corrected chi connectivity index (χ1v) is 6.43. The second kappa shape index (κ2) is 5.54. The van der Waals surface area contributed by atoms with Gasteiger partial charge in [-0.05, 0) is 41.1 Å². The predicted molar refractivity (Wildman–Crippen MR) is 73.4 cm³/mol. The molecule has 20 heavy (non-hydrogen) atoms. The van der Waals surface area contributed by atoms with Crippen LogP contribution in [-0.2, 0) is 6.54 Å². The van der Waals surface area contributed by atoms with E-state index in [2.05, 4.69) is 20.9 Å². The van der Waals surface area contributed by atoms with Gasteiger partial charge in [0.1, 0.15) is 16.1 Å². The molecule has 0 saturated carbocycles. The molecule has 2 rings (SSSR count). The molecule has 0 amide bonds. The smallest absolute Gasteiger partial charge is 0.335 e. The Kier molecular flexibility index (Phi) is 3.99. The molecule has 0 saturated heterocycles. The quantitative estimate of drug-likeness (QED) is 0.929. The summed E-state index contributed by atoms with van der Waals surface area (Å²) in [6.45, 7) is 1.54. The minimum Gasteiger partial charge on any atom is -0.478 e. The average Bonchev–Trinajstić information content (AvgIpc) is 2.41. The van der Waals surface area contributed by atoms with Gasteiger partial charge in [-0.2, -0.15) is 0 Å². The minimum atomic E-state index is -1.15. The Labute approximate surface area is 121 Å². The first-order valence-electron chi connectivity index (χ1n) is 5.64. The Bertz CT molecular complexity index is 743. The number of aromatic carboxylic acids is 1. The summed E-state index contributed by atoms with van der Waals surface area (Å²) in [5, 5.41) is 8.91. The number of hydrogen-bond donors (Lipinski definition) is 1. The lowest BCUT2D eigenvalue weighted by Gasteiger charge is -2.10. The van der Waals surface area contributed by atoms with Crippen molar-refractivity contribution in [3.05, 3.63) is 62.0 Å². The van der Waals surface area contributed by atoms with Gasteiger partial charge in [-0.1, -0.05) is 0 Å². The first kappa shape index (κ1) is 14.4. The fourth-order valence-electron chi connectivity index (χ4n) is 1.74. The normalized spacial score (nSPS) is 10.6. The highest BCUT2D eigenvalue weighted by molar-refractivity contribution is 9.10. The highest BCUT2D eigenvalue weighted by Gasteiger charge is 2.12. The summed E-state index contributed by atoms with van der Waals surface area (Å²) in [6.07, 6.45) is 1.37. The first-order chi connectivity index (χ1) is 9.40. The molecule has 1 aromatic heterocycles. The van der Waals surface area contributed by atoms with Crippen LogP contribution >= 0.6 is 15.9 Å². The zero-order valence-electron chi connectivity index (χ0n) is 10.4. The molecule has 1 N–H and O–H groups in total. The van der Waals surface area contributed by atoms with Crippen molar-refractivity contribution >= 4 is 21.9 Å². The van der Waals surface area contributed by atoms with Gasteiger partial charge < -0.3 is 5.11 Å². The molecule has 104 valence electrons. The Morgan fingerprint density at radius 2 is 2.20 bits per heavy atom. The van der Waals surface area contributed by atoms with Crippen LogP contribution in [0.2, 0.25) is 0 Å². The van der Waals surface area contributed by atoms with Gasteiger partial charge in [0.25, 0.3) is 5.56 Å². The lowest BCUT2D eigenvalue weighted by atomic mass is 10.1. The summed E-state index contributed by atoms with van der Waals surface area (Å²) in [6, 6.07) is 3.46. The van der Waals surface area contributed by atoms with Crippen molar-refractivity contribution in [3.63, 3.8) is 0 Å². The van der Waals surface area contributed by atoms with Crippen LogP contribution < -0.4 is 5.56 Å². The molecular weight excluding hydrogens is 331 g/mol. The van der Waals surface area contributed by atoms with Crippen molar-refractivity contribution in [2.45, 2.75) is 13.5 Å². The van der Waals surface area contributed by atoms with Crippen molar-refractivity contribution < 1.29 is 14.3 Å². The fourth-order valence-corrected chi connectivity index (χ4v) is 2.05. The maximum atomic E-state index is 13.7. The number of hydrogen-bond acceptors (Lipinski definition) is 3. The third-order valence-electron chi connectivity index (χ3n) is 2.83. The molecule has 0 aliphatic heterocycles. The van der Waals surface area contributed by atoms with Crippen molar-refractivity contribution in [3.8, 4) is 0 Å². The Morgan fingerprint density at radius 1 is 1.50 bits per heavy atom. The zero-order chi connectivity index (χ0) is 14.9. The van der Waals surface area contributed by atoms with E-state index in [0.717, 1.165) is 6.07 Å². The maximum Gasteiger partial charge on any atom is 0.335 e. The van der Waals surface area contributed by atoms with E-state index in [1.165, 1.54) is 22.9 Å². The standard InChI is InChI=1S/C13H10BrFN2O3/c1-7-16-5-10(14)12(18)17(7)6-9-4-8(13(19)20)2-3-11(9)15/h2-5H,6H2,1H3,(H,19,20). The number of carboxylic acids is 1. The Hall–Kier alpha value is -2.02. The van der Waals surface area contributed by atoms with E-state index in [-0.39, 0.29) is 27.7 Å². The molecule has 1 heterocycles. The van der Waals surface area contributed by atoms with E-state index in [1.54, 1.807) is 6.92 Å². The van der Waals surface area contributed by atoms with Crippen molar-refractivity contribution in [2.24, 2.45) is 0 Å². The molecule has 0 unspecified atom stereocenters. The molecule has 1 aromatic carbocycles. The summed E-state index contributed by atoms with van der Waals surface area (Å²) in [4.78, 5) is 26.9. The van der Waals surface area contributed by atoms with Crippen molar-refractivity contribution in [1.29, 1.82) is 0 Å².